The SMILES string of the molecule is COc1cc(C=C(C#N)c2nc(-c3ccc(Cl)cc3Cl)cs2)ccc1O. The minimum Gasteiger partial charge on any atom is -0.504 e. The van der Waals surface area contributed by atoms with Crippen LogP contribution in [-0.2, 0) is 0 Å². The Bertz CT molecular complexity index is 1040. The highest BCUT2D eigenvalue weighted by Crippen LogP contribution is 2.33. The van der Waals surface area contributed by atoms with Gasteiger partial charge in [-0.15, -0.1) is 11.3 Å². The first-order chi connectivity index (χ1) is 12.5. The molecule has 130 valence electrons. The minimum atomic E-state index is 0.0390. The standard InChI is InChI=1S/C19H12Cl2N2O2S/c1-25-18-7-11(2-5-17(18)24)6-12(9-22)19-23-16(10-26-19)14-4-3-13(20)8-15(14)21/h2-8,10,24H,1H3. The number of hydrogen-bond acceptors (Lipinski definition) is 5. The zero-order chi connectivity index (χ0) is 18.7. The number of hydrogen-bond donors (Lipinski definition) is 1. The number of benzene rings is 2. The van der Waals surface area contributed by atoms with Crippen LogP contribution in [0.5, 0.6) is 11.5 Å². The van der Waals surface area contributed by atoms with Crippen LogP contribution in [0.1, 0.15) is 10.6 Å². The molecule has 4 nitrogen and oxygen atoms in total. The second-order valence-electron chi connectivity index (χ2n) is 5.26. The van der Waals surface area contributed by atoms with Crippen LogP contribution in [0, 0.1) is 11.3 Å². The van der Waals surface area contributed by atoms with Crippen molar-refractivity contribution < 1.29 is 9.84 Å². The van der Waals surface area contributed by atoms with Crippen LogP contribution in [0.2, 0.25) is 10.0 Å². The van der Waals surface area contributed by atoms with Gasteiger partial charge in [0.15, 0.2) is 11.5 Å². The van der Waals surface area contributed by atoms with Gasteiger partial charge in [-0.2, -0.15) is 5.26 Å². The predicted molar refractivity (Wildman–Crippen MR) is 106 cm³/mol. The smallest absolute Gasteiger partial charge is 0.161 e. The average Bonchev–Trinajstić information content (AvgIpc) is 3.10. The van der Waals surface area contributed by atoms with Crippen LogP contribution >= 0.6 is 34.5 Å². The molecule has 0 saturated carbocycles. The Morgan fingerprint density at radius 3 is 2.77 bits per heavy atom. The second kappa shape index (κ2) is 7.79. The number of allylic oxidation sites excluding steroid dienone is 1. The highest BCUT2D eigenvalue weighted by atomic mass is 35.5. The van der Waals surface area contributed by atoms with Gasteiger partial charge in [-0.25, -0.2) is 4.98 Å². The summed E-state index contributed by atoms with van der Waals surface area (Å²) in [4.78, 5) is 4.52. The zero-order valence-electron chi connectivity index (χ0n) is 13.5. The molecule has 0 atom stereocenters. The lowest BCUT2D eigenvalue weighted by atomic mass is 10.1. The van der Waals surface area contributed by atoms with Gasteiger partial charge in [0, 0.05) is 16.0 Å². The molecule has 1 heterocycles. The first kappa shape index (κ1) is 18.3. The summed E-state index contributed by atoms with van der Waals surface area (Å²) in [6, 6.07) is 12.2. The first-order valence-electron chi connectivity index (χ1n) is 7.42. The summed E-state index contributed by atoms with van der Waals surface area (Å²) < 4.78 is 5.09. The lowest BCUT2D eigenvalue weighted by Crippen LogP contribution is -1.86. The molecule has 0 unspecified atom stereocenters. The molecule has 0 fully saturated rings. The van der Waals surface area contributed by atoms with E-state index in [9.17, 15) is 10.4 Å². The normalized spacial score (nSPS) is 11.2. The maximum absolute atomic E-state index is 9.68. The Morgan fingerprint density at radius 2 is 2.08 bits per heavy atom. The fourth-order valence-corrected chi connectivity index (χ4v) is 3.60. The quantitative estimate of drug-likeness (QED) is 0.551. The van der Waals surface area contributed by atoms with Crippen molar-refractivity contribution in [2.45, 2.75) is 0 Å². The molecule has 26 heavy (non-hydrogen) atoms. The van der Waals surface area contributed by atoms with Gasteiger partial charge >= 0.3 is 0 Å². The molecule has 1 N–H and O–H groups in total. The van der Waals surface area contributed by atoms with E-state index in [0.717, 1.165) is 11.1 Å². The van der Waals surface area contributed by atoms with Crippen LogP contribution in [-0.4, -0.2) is 17.2 Å². The molecule has 2 aromatic carbocycles. The van der Waals surface area contributed by atoms with Crippen LogP contribution in [0.3, 0.4) is 0 Å². The van der Waals surface area contributed by atoms with Crippen molar-refractivity contribution in [3.8, 4) is 28.8 Å². The molecule has 7 heteroatoms. The molecule has 0 amide bonds. The third-order valence-corrected chi connectivity index (χ3v) is 5.00. The number of aromatic hydroxyl groups is 1. The molecule has 1 aromatic heterocycles. The molecule has 0 aliphatic carbocycles. The van der Waals surface area contributed by atoms with E-state index < -0.39 is 0 Å². The fraction of sp³-hybridized carbons (Fsp3) is 0.0526. The number of phenolic OH excluding ortho intramolecular Hbond substituents is 1. The largest absolute Gasteiger partial charge is 0.504 e. The first-order valence-corrected chi connectivity index (χ1v) is 9.05. The van der Waals surface area contributed by atoms with Crippen molar-refractivity contribution in [2.75, 3.05) is 7.11 Å². The van der Waals surface area contributed by atoms with Crippen molar-refractivity contribution in [3.63, 3.8) is 0 Å². The third-order valence-electron chi connectivity index (χ3n) is 3.58. The van der Waals surface area contributed by atoms with E-state index in [4.69, 9.17) is 27.9 Å². The Kier molecular flexibility index (Phi) is 5.48. The molecule has 0 spiro atoms. The minimum absolute atomic E-state index is 0.0390. The summed E-state index contributed by atoms with van der Waals surface area (Å²) in [6.07, 6.45) is 1.69. The van der Waals surface area contributed by atoms with E-state index in [-0.39, 0.29) is 5.75 Å². The highest BCUT2D eigenvalue weighted by Gasteiger charge is 2.12. The molecule has 3 rings (SSSR count). The van der Waals surface area contributed by atoms with Crippen molar-refractivity contribution in [1.82, 2.24) is 4.98 Å². The number of nitrogens with zero attached hydrogens (tertiary/aromatic N) is 2. The van der Waals surface area contributed by atoms with Crippen LogP contribution in [0.4, 0.5) is 0 Å². The molecule has 0 aliphatic rings. The number of ether oxygens (including phenoxy) is 1. The Hall–Kier alpha value is -2.52. The lowest BCUT2D eigenvalue weighted by molar-refractivity contribution is 0.373. The Morgan fingerprint density at radius 1 is 1.27 bits per heavy atom. The monoisotopic (exact) mass is 402 g/mol. The number of thiazole rings is 1. The summed E-state index contributed by atoms with van der Waals surface area (Å²) in [6.45, 7) is 0. The Balaban J connectivity index is 1.97. The number of nitriles is 1. The molecular weight excluding hydrogens is 391 g/mol. The molecule has 0 bridgehead atoms. The summed E-state index contributed by atoms with van der Waals surface area (Å²) in [5.41, 5.74) is 2.55. The van der Waals surface area contributed by atoms with Gasteiger partial charge in [0.2, 0.25) is 0 Å². The Labute approximate surface area is 164 Å². The van der Waals surface area contributed by atoms with E-state index in [0.29, 0.717) is 32.1 Å². The maximum atomic E-state index is 9.68. The van der Waals surface area contributed by atoms with E-state index in [1.165, 1.54) is 24.5 Å². The number of aromatic nitrogens is 1. The predicted octanol–water partition coefficient (Wildman–Crippen LogP) is 5.90. The van der Waals surface area contributed by atoms with Gasteiger partial charge in [0.1, 0.15) is 11.1 Å². The van der Waals surface area contributed by atoms with Crippen molar-refractivity contribution >= 4 is 46.2 Å². The van der Waals surface area contributed by atoms with Crippen molar-refractivity contribution in [3.05, 3.63) is 62.4 Å². The zero-order valence-corrected chi connectivity index (χ0v) is 15.9. The maximum Gasteiger partial charge on any atom is 0.161 e. The van der Waals surface area contributed by atoms with Crippen molar-refractivity contribution in [1.29, 1.82) is 5.26 Å². The topological polar surface area (TPSA) is 66.1 Å². The summed E-state index contributed by atoms with van der Waals surface area (Å²) in [5, 5.41) is 22.7. The highest BCUT2D eigenvalue weighted by molar-refractivity contribution is 7.11. The fourth-order valence-electron chi connectivity index (χ4n) is 2.31. The molecule has 3 aromatic rings. The summed E-state index contributed by atoms with van der Waals surface area (Å²) >= 11 is 13.5. The van der Waals surface area contributed by atoms with E-state index >= 15 is 0 Å². The summed E-state index contributed by atoms with van der Waals surface area (Å²) in [7, 11) is 1.47. The molecule has 0 aliphatic heterocycles. The van der Waals surface area contributed by atoms with Gasteiger partial charge < -0.3 is 9.84 Å². The third kappa shape index (κ3) is 3.83. The van der Waals surface area contributed by atoms with E-state index in [1.807, 2.05) is 5.38 Å². The van der Waals surface area contributed by atoms with E-state index in [2.05, 4.69) is 11.1 Å². The van der Waals surface area contributed by atoms with Gasteiger partial charge in [0.05, 0.1) is 23.4 Å². The van der Waals surface area contributed by atoms with Gasteiger partial charge in [-0.1, -0.05) is 29.3 Å². The average molecular weight is 403 g/mol. The number of rotatable bonds is 4. The summed E-state index contributed by atoms with van der Waals surface area (Å²) in [5.74, 6) is 0.376. The van der Waals surface area contributed by atoms with E-state index in [1.54, 1.807) is 36.4 Å². The lowest BCUT2D eigenvalue weighted by Gasteiger charge is -2.04. The molecule has 0 radical (unpaired) electrons. The molecule has 0 saturated heterocycles. The van der Waals surface area contributed by atoms with Gasteiger partial charge in [0.25, 0.3) is 0 Å². The second-order valence-corrected chi connectivity index (χ2v) is 6.96. The number of halogens is 2. The van der Waals surface area contributed by atoms with Gasteiger partial charge in [-0.3, -0.25) is 0 Å². The van der Waals surface area contributed by atoms with Crippen LogP contribution in [0.15, 0.2) is 41.8 Å². The van der Waals surface area contributed by atoms with Gasteiger partial charge in [-0.05, 0) is 42.0 Å². The van der Waals surface area contributed by atoms with Crippen molar-refractivity contribution in [2.24, 2.45) is 0 Å². The molecular formula is C19H12Cl2N2O2S. The van der Waals surface area contributed by atoms with Crippen LogP contribution < -0.4 is 4.74 Å². The number of methoxy groups -OCH3 is 1. The van der Waals surface area contributed by atoms with Crippen LogP contribution in [0.25, 0.3) is 22.9 Å². The number of phenols is 1.